The number of nitro benzene ring substituents is 1. The molecule has 1 saturated heterocycles. The van der Waals surface area contributed by atoms with Crippen molar-refractivity contribution in [2.24, 2.45) is 5.73 Å². The number of halogens is 1. The Morgan fingerprint density at radius 2 is 2.35 bits per heavy atom. The van der Waals surface area contributed by atoms with Gasteiger partial charge < -0.3 is 10.5 Å². The summed E-state index contributed by atoms with van der Waals surface area (Å²) in [5.41, 5.74) is 5.72. The van der Waals surface area contributed by atoms with Crippen LogP contribution in [0.15, 0.2) is 18.2 Å². The third kappa shape index (κ3) is 2.59. The number of nitrogens with two attached hydrogens (primary N) is 1. The number of rotatable bonds is 3. The highest BCUT2D eigenvalue weighted by Crippen LogP contribution is 2.24. The minimum atomic E-state index is -0.824. The van der Waals surface area contributed by atoms with Gasteiger partial charge in [-0.15, -0.1) is 0 Å². The normalized spacial score (nSPS) is 23.9. The van der Waals surface area contributed by atoms with E-state index in [0.29, 0.717) is 31.6 Å². The van der Waals surface area contributed by atoms with Crippen LogP contribution in [-0.4, -0.2) is 23.7 Å². The van der Waals surface area contributed by atoms with E-state index >= 15 is 0 Å². The molecule has 0 aliphatic carbocycles. The van der Waals surface area contributed by atoms with E-state index in [1.165, 1.54) is 18.2 Å². The molecule has 0 saturated carbocycles. The van der Waals surface area contributed by atoms with E-state index in [4.69, 9.17) is 10.5 Å². The topological polar surface area (TPSA) is 78.4 Å². The summed E-state index contributed by atoms with van der Waals surface area (Å²) in [7, 11) is 0. The van der Waals surface area contributed by atoms with Gasteiger partial charge >= 0.3 is 5.69 Å². The number of nitrogens with zero attached hydrogens (tertiary/aromatic N) is 1. The predicted molar refractivity (Wildman–Crippen MR) is 59.1 cm³/mol. The van der Waals surface area contributed by atoms with Gasteiger partial charge in [-0.25, -0.2) is 0 Å². The first kappa shape index (κ1) is 11.9. The van der Waals surface area contributed by atoms with Crippen LogP contribution in [0.25, 0.3) is 0 Å². The second-order valence-electron chi connectivity index (χ2n) is 4.38. The van der Waals surface area contributed by atoms with Crippen LogP contribution in [0.4, 0.5) is 10.1 Å². The van der Waals surface area contributed by atoms with Crippen molar-refractivity contribution in [1.29, 1.82) is 0 Å². The zero-order valence-corrected chi connectivity index (χ0v) is 9.19. The lowest BCUT2D eigenvalue weighted by atomic mass is 9.91. The third-order valence-electron chi connectivity index (χ3n) is 2.90. The molecule has 1 aliphatic rings. The average Bonchev–Trinajstić information content (AvgIpc) is 2.64. The average molecular weight is 240 g/mol. The van der Waals surface area contributed by atoms with Gasteiger partial charge in [0.25, 0.3) is 0 Å². The lowest BCUT2D eigenvalue weighted by Gasteiger charge is -2.21. The second-order valence-corrected chi connectivity index (χ2v) is 4.38. The first-order valence-corrected chi connectivity index (χ1v) is 5.30. The van der Waals surface area contributed by atoms with Gasteiger partial charge in [-0.2, -0.15) is 4.39 Å². The van der Waals surface area contributed by atoms with Crippen molar-refractivity contribution < 1.29 is 14.1 Å². The Morgan fingerprint density at radius 3 is 2.88 bits per heavy atom. The maximum atomic E-state index is 13.4. The molecule has 1 fully saturated rings. The Morgan fingerprint density at radius 1 is 1.59 bits per heavy atom. The van der Waals surface area contributed by atoms with Crippen LogP contribution in [0, 0.1) is 15.9 Å². The van der Waals surface area contributed by atoms with Crippen LogP contribution in [0.1, 0.15) is 12.0 Å². The summed E-state index contributed by atoms with van der Waals surface area (Å²) >= 11 is 0. The molecule has 1 aliphatic heterocycles. The minimum absolute atomic E-state index is 0.436. The summed E-state index contributed by atoms with van der Waals surface area (Å²) in [6, 6.07) is 3.88. The zero-order chi connectivity index (χ0) is 12.5. The van der Waals surface area contributed by atoms with Crippen molar-refractivity contribution in [1.82, 2.24) is 0 Å². The molecule has 17 heavy (non-hydrogen) atoms. The molecule has 0 bridgehead atoms. The van der Waals surface area contributed by atoms with E-state index in [1.54, 1.807) is 0 Å². The van der Waals surface area contributed by atoms with Gasteiger partial charge in [0.05, 0.1) is 11.5 Å². The van der Waals surface area contributed by atoms with Gasteiger partial charge in [0, 0.05) is 18.2 Å². The van der Waals surface area contributed by atoms with Crippen molar-refractivity contribution in [3.05, 3.63) is 39.7 Å². The van der Waals surface area contributed by atoms with Crippen LogP contribution in [-0.2, 0) is 11.2 Å². The fraction of sp³-hybridized carbons (Fsp3) is 0.455. The lowest BCUT2D eigenvalue weighted by molar-refractivity contribution is -0.387. The molecule has 0 aromatic heterocycles. The van der Waals surface area contributed by atoms with Crippen molar-refractivity contribution in [2.75, 3.05) is 13.2 Å². The van der Waals surface area contributed by atoms with Crippen LogP contribution in [0.2, 0.25) is 0 Å². The van der Waals surface area contributed by atoms with Gasteiger partial charge in [-0.1, -0.05) is 6.07 Å². The van der Waals surface area contributed by atoms with E-state index < -0.39 is 22.0 Å². The summed E-state index contributed by atoms with van der Waals surface area (Å²) in [5, 5.41) is 10.5. The quantitative estimate of drug-likeness (QED) is 0.639. The molecule has 0 amide bonds. The van der Waals surface area contributed by atoms with Gasteiger partial charge in [0.1, 0.15) is 0 Å². The molecule has 2 N–H and O–H groups in total. The minimum Gasteiger partial charge on any atom is -0.379 e. The van der Waals surface area contributed by atoms with E-state index in [9.17, 15) is 14.5 Å². The van der Waals surface area contributed by atoms with E-state index in [2.05, 4.69) is 0 Å². The van der Waals surface area contributed by atoms with Crippen molar-refractivity contribution in [3.8, 4) is 0 Å². The predicted octanol–water partition coefficient (Wildman–Crippen LogP) is 1.39. The molecule has 1 heterocycles. The fourth-order valence-electron chi connectivity index (χ4n) is 1.98. The molecule has 1 aromatic rings. The molecule has 0 spiro atoms. The summed E-state index contributed by atoms with van der Waals surface area (Å²) in [6.45, 7) is 1.04. The summed E-state index contributed by atoms with van der Waals surface area (Å²) in [4.78, 5) is 9.72. The maximum absolute atomic E-state index is 13.4. The summed E-state index contributed by atoms with van der Waals surface area (Å²) in [6.07, 6.45) is 1.17. The van der Waals surface area contributed by atoms with Crippen LogP contribution in [0.5, 0.6) is 0 Å². The smallest absolute Gasteiger partial charge is 0.304 e. The monoisotopic (exact) mass is 240 g/mol. The van der Waals surface area contributed by atoms with Crippen molar-refractivity contribution in [2.45, 2.75) is 18.4 Å². The Bertz CT molecular complexity index is 444. The fourth-order valence-corrected chi connectivity index (χ4v) is 1.98. The maximum Gasteiger partial charge on any atom is 0.304 e. The zero-order valence-electron chi connectivity index (χ0n) is 9.19. The van der Waals surface area contributed by atoms with Crippen molar-refractivity contribution in [3.63, 3.8) is 0 Å². The third-order valence-corrected chi connectivity index (χ3v) is 2.90. The number of benzene rings is 1. The molecule has 6 heteroatoms. The van der Waals surface area contributed by atoms with Crippen LogP contribution in [0.3, 0.4) is 0 Å². The molecule has 1 unspecified atom stereocenters. The molecule has 2 rings (SSSR count). The molecule has 0 radical (unpaired) electrons. The Hall–Kier alpha value is -1.53. The molecular weight excluding hydrogens is 227 g/mol. The first-order valence-electron chi connectivity index (χ1n) is 5.30. The highest BCUT2D eigenvalue weighted by molar-refractivity contribution is 5.35. The van der Waals surface area contributed by atoms with E-state index in [1.807, 2.05) is 0 Å². The molecule has 1 aromatic carbocycles. The van der Waals surface area contributed by atoms with Crippen molar-refractivity contribution >= 4 is 5.69 Å². The van der Waals surface area contributed by atoms with E-state index in [0.717, 1.165) is 0 Å². The van der Waals surface area contributed by atoms with Gasteiger partial charge in [0.2, 0.25) is 5.82 Å². The number of ether oxygens (including phenoxy) is 1. The lowest BCUT2D eigenvalue weighted by Crippen LogP contribution is -2.42. The molecule has 5 nitrogen and oxygen atoms in total. The summed E-state index contributed by atoms with van der Waals surface area (Å²) in [5.74, 6) is -0.824. The SMILES string of the molecule is NC1(Cc2ccc([N+](=O)[O-])c(F)c2)CCOC1. The largest absolute Gasteiger partial charge is 0.379 e. The molecule has 1 atom stereocenters. The first-order chi connectivity index (χ1) is 8.00. The molecule has 92 valence electrons. The Labute approximate surface area is 97.5 Å². The molecular formula is C11H13FN2O3. The van der Waals surface area contributed by atoms with Crippen LogP contribution < -0.4 is 5.73 Å². The Kier molecular flexibility index (Phi) is 3.08. The van der Waals surface area contributed by atoms with Gasteiger partial charge in [-0.05, 0) is 24.5 Å². The van der Waals surface area contributed by atoms with Gasteiger partial charge in [0.15, 0.2) is 0 Å². The summed E-state index contributed by atoms with van der Waals surface area (Å²) < 4.78 is 18.6. The highest BCUT2D eigenvalue weighted by atomic mass is 19.1. The standard InChI is InChI=1S/C11H13FN2O3/c12-9-5-8(1-2-10(9)14(15)16)6-11(13)3-4-17-7-11/h1-2,5H,3-4,6-7,13H2. The Balaban J connectivity index is 2.17. The highest BCUT2D eigenvalue weighted by Gasteiger charge is 2.31. The number of hydrogen-bond donors (Lipinski definition) is 1. The second kappa shape index (κ2) is 4.38. The number of nitro groups is 1. The number of hydrogen-bond acceptors (Lipinski definition) is 4. The van der Waals surface area contributed by atoms with Crippen LogP contribution >= 0.6 is 0 Å². The van der Waals surface area contributed by atoms with E-state index in [-0.39, 0.29) is 0 Å². The van der Waals surface area contributed by atoms with Gasteiger partial charge in [-0.3, -0.25) is 10.1 Å².